The summed E-state index contributed by atoms with van der Waals surface area (Å²) in [6.07, 6.45) is 0.399. The van der Waals surface area contributed by atoms with Gasteiger partial charge in [-0.1, -0.05) is 17.3 Å². The van der Waals surface area contributed by atoms with Crippen LogP contribution >= 0.6 is 0 Å². The van der Waals surface area contributed by atoms with Crippen LogP contribution in [0, 0.1) is 5.82 Å². The van der Waals surface area contributed by atoms with Gasteiger partial charge in [-0.2, -0.15) is 4.98 Å². The van der Waals surface area contributed by atoms with E-state index in [9.17, 15) is 9.18 Å². The van der Waals surface area contributed by atoms with E-state index in [1.165, 1.54) is 12.1 Å². The third-order valence-electron chi connectivity index (χ3n) is 4.62. The van der Waals surface area contributed by atoms with Gasteiger partial charge in [0.2, 0.25) is 11.8 Å². The highest BCUT2D eigenvalue weighted by Gasteiger charge is 2.13. The first-order valence-electron chi connectivity index (χ1n) is 9.44. The molecule has 3 aromatic rings. The number of ether oxygens (including phenoxy) is 1. The molecule has 1 amide bonds. The summed E-state index contributed by atoms with van der Waals surface area (Å²) in [7, 11) is 0. The molecule has 0 saturated carbocycles. The van der Waals surface area contributed by atoms with Gasteiger partial charge in [0.25, 0.3) is 0 Å². The largest absolute Gasteiger partial charge is 0.378 e. The van der Waals surface area contributed by atoms with Crippen LogP contribution in [0.1, 0.15) is 17.3 Å². The van der Waals surface area contributed by atoms with E-state index >= 15 is 0 Å². The SMILES string of the molecule is O=C(Cc1noc(Cc2ccc(F)cc2)n1)Nc1ccc(N2CCOCC2)cc1. The molecule has 0 aliphatic carbocycles. The number of nitrogens with one attached hydrogen (secondary N) is 1. The number of carbonyl (C=O) groups is 1. The van der Waals surface area contributed by atoms with Crippen LogP contribution in [0.25, 0.3) is 0 Å². The second kappa shape index (κ2) is 8.83. The lowest BCUT2D eigenvalue weighted by atomic mass is 10.1. The van der Waals surface area contributed by atoms with Gasteiger partial charge in [0.1, 0.15) is 5.82 Å². The lowest BCUT2D eigenvalue weighted by Gasteiger charge is -2.28. The quantitative estimate of drug-likeness (QED) is 0.690. The topological polar surface area (TPSA) is 80.5 Å². The Labute approximate surface area is 167 Å². The Morgan fingerprint density at radius 3 is 2.52 bits per heavy atom. The fourth-order valence-electron chi connectivity index (χ4n) is 3.14. The van der Waals surface area contributed by atoms with Gasteiger partial charge in [0, 0.05) is 24.5 Å². The van der Waals surface area contributed by atoms with Gasteiger partial charge in [0.05, 0.1) is 26.1 Å². The number of amides is 1. The van der Waals surface area contributed by atoms with Crippen LogP contribution in [0.2, 0.25) is 0 Å². The summed E-state index contributed by atoms with van der Waals surface area (Å²) in [5.74, 6) is 0.173. The average Bonchev–Trinajstić information content (AvgIpc) is 3.17. The normalized spacial score (nSPS) is 14.0. The van der Waals surface area contributed by atoms with E-state index in [0.717, 1.165) is 37.6 Å². The highest BCUT2D eigenvalue weighted by atomic mass is 19.1. The van der Waals surface area contributed by atoms with Crippen molar-refractivity contribution in [2.24, 2.45) is 0 Å². The molecular formula is C21H21FN4O3. The predicted molar refractivity (Wildman–Crippen MR) is 105 cm³/mol. The zero-order valence-electron chi connectivity index (χ0n) is 15.8. The van der Waals surface area contributed by atoms with E-state index in [1.807, 2.05) is 24.3 Å². The zero-order chi connectivity index (χ0) is 20.1. The summed E-state index contributed by atoms with van der Waals surface area (Å²) >= 11 is 0. The molecule has 0 spiro atoms. The van der Waals surface area contributed by atoms with Crippen molar-refractivity contribution in [3.63, 3.8) is 0 Å². The molecular weight excluding hydrogens is 375 g/mol. The second-order valence-electron chi connectivity index (χ2n) is 6.78. The van der Waals surface area contributed by atoms with E-state index in [4.69, 9.17) is 9.26 Å². The van der Waals surface area contributed by atoms with E-state index in [-0.39, 0.29) is 18.1 Å². The number of anilines is 2. The zero-order valence-corrected chi connectivity index (χ0v) is 15.8. The molecule has 0 bridgehead atoms. The maximum absolute atomic E-state index is 13.0. The number of carbonyl (C=O) groups excluding carboxylic acids is 1. The first-order valence-corrected chi connectivity index (χ1v) is 9.44. The molecule has 1 N–H and O–H groups in total. The van der Waals surface area contributed by atoms with Gasteiger partial charge < -0.3 is 19.5 Å². The number of morpholine rings is 1. The van der Waals surface area contributed by atoms with E-state index in [0.29, 0.717) is 23.8 Å². The van der Waals surface area contributed by atoms with E-state index in [2.05, 4.69) is 20.4 Å². The van der Waals surface area contributed by atoms with Crippen molar-refractivity contribution in [1.82, 2.24) is 10.1 Å². The number of rotatable bonds is 6. The Balaban J connectivity index is 1.30. The highest BCUT2D eigenvalue weighted by Crippen LogP contribution is 2.19. The van der Waals surface area contributed by atoms with Crippen molar-refractivity contribution in [2.75, 3.05) is 36.5 Å². The first-order chi connectivity index (χ1) is 14.2. The predicted octanol–water partition coefficient (Wildman–Crippen LogP) is 2.82. The molecule has 2 aromatic carbocycles. The van der Waals surface area contributed by atoms with Gasteiger partial charge in [0.15, 0.2) is 5.82 Å². The number of hydrogen-bond acceptors (Lipinski definition) is 6. The van der Waals surface area contributed by atoms with Gasteiger partial charge >= 0.3 is 0 Å². The monoisotopic (exact) mass is 396 g/mol. The molecule has 0 atom stereocenters. The van der Waals surface area contributed by atoms with Gasteiger partial charge in [-0.15, -0.1) is 0 Å². The Morgan fingerprint density at radius 1 is 1.07 bits per heavy atom. The smallest absolute Gasteiger partial charge is 0.232 e. The maximum Gasteiger partial charge on any atom is 0.232 e. The molecule has 29 heavy (non-hydrogen) atoms. The Hall–Kier alpha value is -3.26. The standard InChI is InChI=1S/C21H21FN4O3/c22-16-3-1-15(2-4-16)13-21-24-19(25-29-21)14-20(27)23-17-5-7-18(8-6-17)26-9-11-28-12-10-26/h1-8H,9-14H2,(H,23,27). The summed E-state index contributed by atoms with van der Waals surface area (Å²) in [4.78, 5) is 18.8. The van der Waals surface area contributed by atoms with Gasteiger partial charge in [-0.05, 0) is 42.0 Å². The lowest BCUT2D eigenvalue weighted by Crippen LogP contribution is -2.36. The summed E-state index contributed by atoms with van der Waals surface area (Å²) in [6.45, 7) is 3.19. The average molecular weight is 396 g/mol. The number of benzene rings is 2. The third-order valence-corrected chi connectivity index (χ3v) is 4.62. The van der Waals surface area contributed by atoms with Crippen LogP contribution < -0.4 is 10.2 Å². The first kappa shape index (κ1) is 19.1. The molecule has 1 saturated heterocycles. The molecule has 1 fully saturated rings. The van der Waals surface area contributed by atoms with Gasteiger partial charge in [-0.25, -0.2) is 4.39 Å². The minimum Gasteiger partial charge on any atom is -0.378 e. The summed E-state index contributed by atoms with van der Waals surface area (Å²) in [6, 6.07) is 13.8. The molecule has 1 aromatic heterocycles. The van der Waals surface area contributed by atoms with E-state index < -0.39 is 0 Å². The summed E-state index contributed by atoms with van der Waals surface area (Å²) < 4.78 is 23.5. The lowest BCUT2D eigenvalue weighted by molar-refractivity contribution is -0.115. The van der Waals surface area contributed by atoms with Crippen LogP contribution in [0.3, 0.4) is 0 Å². The van der Waals surface area contributed by atoms with Crippen LogP contribution in [0.15, 0.2) is 53.1 Å². The van der Waals surface area contributed by atoms with Crippen molar-refractivity contribution in [3.05, 3.63) is 71.6 Å². The second-order valence-corrected chi connectivity index (χ2v) is 6.78. The Bertz CT molecular complexity index is 951. The van der Waals surface area contributed by atoms with Crippen molar-refractivity contribution in [2.45, 2.75) is 12.8 Å². The third kappa shape index (κ3) is 5.17. The van der Waals surface area contributed by atoms with Gasteiger partial charge in [-0.3, -0.25) is 4.79 Å². The van der Waals surface area contributed by atoms with Crippen molar-refractivity contribution in [3.8, 4) is 0 Å². The molecule has 0 unspecified atom stereocenters. The van der Waals surface area contributed by atoms with Crippen LogP contribution in [0.5, 0.6) is 0 Å². The molecule has 4 rings (SSSR count). The fourth-order valence-corrected chi connectivity index (χ4v) is 3.14. The molecule has 2 heterocycles. The van der Waals surface area contributed by atoms with Crippen molar-refractivity contribution >= 4 is 17.3 Å². The molecule has 7 nitrogen and oxygen atoms in total. The fraction of sp³-hybridized carbons (Fsp3) is 0.286. The number of halogens is 1. The molecule has 1 aliphatic rings. The van der Waals surface area contributed by atoms with Crippen LogP contribution in [0.4, 0.5) is 15.8 Å². The molecule has 1 aliphatic heterocycles. The minimum atomic E-state index is -0.297. The number of aromatic nitrogens is 2. The number of hydrogen-bond donors (Lipinski definition) is 1. The molecule has 0 radical (unpaired) electrons. The Kier molecular flexibility index (Phi) is 5.81. The minimum absolute atomic E-state index is 0.0120. The summed E-state index contributed by atoms with van der Waals surface area (Å²) in [5.41, 5.74) is 2.67. The summed E-state index contributed by atoms with van der Waals surface area (Å²) in [5, 5.41) is 6.69. The van der Waals surface area contributed by atoms with Crippen LogP contribution in [-0.2, 0) is 22.4 Å². The highest BCUT2D eigenvalue weighted by molar-refractivity contribution is 5.91. The van der Waals surface area contributed by atoms with E-state index in [1.54, 1.807) is 12.1 Å². The Morgan fingerprint density at radius 2 is 1.79 bits per heavy atom. The van der Waals surface area contributed by atoms with Crippen molar-refractivity contribution in [1.29, 1.82) is 0 Å². The van der Waals surface area contributed by atoms with Crippen LogP contribution in [-0.4, -0.2) is 42.4 Å². The molecule has 150 valence electrons. The molecule has 8 heteroatoms. The van der Waals surface area contributed by atoms with Crippen molar-refractivity contribution < 1.29 is 18.4 Å². The number of nitrogens with zero attached hydrogens (tertiary/aromatic N) is 3. The maximum atomic E-state index is 13.0.